The van der Waals surface area contributed by atoms with Crippen molar-refractivity contribution < 1.29 is 27.9 Å². The number of amides is 1. The van der Waals surface area contributed by atoms with Crippen LogP contribution in [-0.4, -0.2) is 16.8 Å². The van der Waals surface area contributed by atoms with E-state index in [2.05, 4.69) is 0 Å². The minimum absolute atomic E-state index is 0.144. The van der Waals surface area contributed by atoms with Crippen LogP contribution < -0.4 is 4.90 Å². The topological polar surface area (TPSA) is 70.8 Å². The Morgan fingerprint density at radius 2 is 1.80 bits per heavy atom. The van der Waals surface area contributed by atoms with Crippen molar-refractivity contribution >= 4 is 23.1 Å². The Kier molecular flexibility index (Phi) is 4.73. The molecule has 1 amide bonds. The summed E-state index contributed by atoms with van der Waals surface area (Å²) in [6, 6.07) is 11.2. The molecule has 1 atom stereocenters. The van der Waals surface area contributed by atoms with E-state index < -0.39 is 35.1 Å². The van der Waals surface area contributed by atoms with Crippen molar-refractivity contribution in [3.8, 4) is 0 Å². The van der Waals surface area contributed by atoms with E-state index >= 15 is 0 Å². The Bertz CT molecular complexity index is 1210. The van der Waals surface area contributed by atoms with Gasteiger partial charge in [-0.1, -0.05) is 6.07 Å². The molecule has 1 N–H and O–H groups in total. The molecule has 2 heterocycles. The number of hydrogen-bond acceptors (Lipinski definition) is 4. The SMILES string of the molecule is Cc1ccc(C2/C(=C(/O)c3ccc(F)c(C)c3)C(=O)C(=O)N2c2cccc(F)c2)o1. The zero-order valence-corrected chi connectivity index (χ0v) is 16.1. The smallest absolute Gasteiger partial charge is 0.300 e. The first-order chi connectivity index (χ1) is 14.3. The fourth-order valence-corrected chi connectivity index (χ4v) is 3.54. The monoisotopic (exact) mass is 409 g/mol. The number of carbonyl (C=O) groups is 2. The first-order valence-corrected chi connectivity index (χ1v) is 9.17. The number of carbonyl (C=O) groups excluding carboxylic acids is 2. The van der Waals surface area contributed by atoms with E-state index in [4.69, 9.17) is 4.42 Å². The van der Waals surface area contributed by atoms with E-state index in [-0.39, 0.29) is 28.1 Å². The highest BCUT2D eigenvalue weighted by molar-refractivity contribution is 6.51. The molecule has 1 aliphatic heterocycles. The Balaban J connectivity index is 1.95. The first kappa shape index (κ1) is 19.6. The molecule has 1 saturated heterocycles. The Labute approximate surface area is 170 Å². The van der Waals surface area contributed by atoms with Gasteiger partial charge in [0.1, 0.15) is 35.0 Å². The largest absolute Gasteiger partial charge is 0.507 e. The van der Waals surface area contributed by atoms with Gasteiger partial charge in [-0.15, -0.1) is 0 Å². The van der Waals surface area contributed by atoms with Crippen LogP contribution in [0.3, 0.4) is 0 Å². The van der Waals surface area contributed by atoms with Gasteiger partial charge in [-0.2, -0.15) is 0 Å². The number of Topliss-reactive ketones (excluding diaryl/α,β-unsaturated/α-hetero) is 1. The van der Waals surface area contributed by atoms with Crippen LogP contribution in [0, 0.1) is 25.5 Å². The molecule has 30 heavy (non-hydrogen) atoms. The summed E-state index contributed by atoms with van der Waals surface area (Å²) in [5, 5.41) is 10.9. The summed E-state index contributed by atoms with van der Waals surface area (Å²) in [5.74, 6) is -2.63. The summed E-state index contributed by atoms with van der Waals surface area (Å²) in [4.78, 5) is 26.9. The molecule has 152 valence electrons. The van der Waals surface area contributed by atoms with Crippen molar-refractivity contribution in [2.45, 2.75) is 19.9 Å². The van der Waals surface area contributed by atoms with Gasteiger partial charge in [-0.25, -0.2) is 8.78 Å². The molecule has 3 aromatic rings. The average molecular weight is 409 g/mol. The van der Waals surface area contributed by atoms with Crippen LogP contribution in [0.2, 0.25) is 0 Å². The number of aliphatic hydroxyl groups is 1. The summed E-state index contributed by atoms with van der Waals surface area (Å²) in [7, 11) is 0. The minimum Gasteiger partial charge on any atom is -0.507 e. The zero-order valence-electron chi connectivity index (χ0n) is 16.1. The molecule has 4 rings (SSSR count). The number of hydrogen-bond donors (Lipinski definition) is 1. The summed E-state index contributed by atoms with van der Waals surface area (Å²) in [5.41, 5.74) is 0.373. The molecule has 0 bridgehead atoms. The van der Waals surface area contributed by atoms with Crippen LogP contribution in [0.25, 0.3) is 5.76 Å². The van der Waals surface area contributed by atoms with Crippen molar-refractivity contribution in [1.82, 2.24) is 0 Å². The molecule has 0 aliphatic carbocycles. The lowest BCUT2D eigenvalue weighted by molar-refractivity contribution is -0.132. The third kappa shape index (κ3) is 3.18. The first-order valence-electron chi connectivity index (χ1n) is 9.17. The molecule has 1 unspecified atom stereocenters. The summed E-state index contributed by atoms with van der Waals surface area (Å²) < 4.78 is 33.2. The highest BCUT2D eigenvalue weighted by Crippen LogP contribution is 2.42. The van der Waals surface area contributed by atoms with Crippen molar-refractivity contribution in [3.05, 3.63) is 94.5 Å². The molecule has 2 aromatic carbocycles. The van der Waals surface area contributed by atoms with Crippen molar-refractivity contribution in [1.29, 1.82) is 0 Å². The minimum atomic E-state index is -1.11. The highest BCUT2D eigenvalue weighted by Gasteiger charge is 2.48. The van der Waals surface area contributed by atoms with Crippen LogP contribution in [-0.2, 0) is 9.59 Å². The maximum Gasteiger partial charge on any atom is 0.300 e. The fraction of sp³-hybridized carbons (Fsp3) is 0.130. The molecule has 7 heteroatoms. The normalized spacial score (nSPS) is 18.3. The lowest BCUT2D eigenvalue weighted by Crippen LogP contribution is -2.29. The fourth-order valence-electron chi connectivity index (χ4n) is 3.54. The lowest BCUT2D eigenvalue weighted by Gasteiger charge is -2.23. The van der Waals surface area contributed by atoms with Gasteiger partial charge < -0.3 is 9.52 Å². The maximum atomic E-state index is 13.8. The number of furan rings is 1. The van der Waals surface area contributed by atoms with Gasteiger partial charge in [0.15, 0.2) is 0 Å². The molecule has 1 aromatic heterocycles. The maximum absolute atomic E-state index is 13.8. The lowest BCUT2D eigenvalue weighted by atomic mass is 9.98. The average Bonchev–Trinajstić information content (AvgIpc) is 3.25. The Morgan fingerprint density at radius 1 is 1.03 bits per heavy atom. The Morgan fingerprint density at radius 3 is 2.43 bits per heavy atom. The van der Waals surface area contributed by atoms with Gasteiger partial charge >= 0.3 is 0 Å². The molecule has 0 spiro atoms. The van der Waals surface area contributed by atoms with Crippen LogP contribution in [0.5, 0.6) is 0 Å². The van der Waals surface area contributed by atoms with Crippen LogP contribution in [0.1, 0.15) is 28.7 Å². The van der Waals surface area contributed by atoms with E-state index in [1.165, 1.54) is 43.3 Å². The molecule has 0 saturated carbocycles. The van der Waals surface area contributed by atoms with Gasteiger partial charge in [0, 0.05) is 11.3 Å². The van der Waals surface area contributed by atoms with Crippen molar-refractivity contribution in [2.75, 3.05) is 4.90 Å². The standard InChI is InChI=1S/C23H17F2NO4/c1-12-10-14(7-8-17(12)25)21(27)19-20(18-9-6-13(2)30-18)26(23(29)22(19)28)16-5-3-4-15(24)11-16/h3-11,20,27H,1-2H3/b21-19-. The highest BCUT2D eigenvalue weighted by atomic mass is 19.1. The summed E-state index contributed by atoms with van der Waals surface area (Å²) >= 11 is 0. The third-order valence-corrected chi connectivity index (χ3v) is 4.99. The molecule has 0 radical (unpaired) electrons. The number of ketones is 1. The van der Waals surface area contributed by atoms with E-state index in [1.54, 1.807) is 19.1 Å². The van der Waals surface area contributed by atoms with Gasteiger partial charge in [0.05, 0.1) is 5.57 Å². The molecule has 5 nitrogen and oxygen atoms in total. The quantitative estimate of drug-likeness (QED) is 0.383. The van der Waals surface area contributed by atoms with Gasteiger partial charge in [0.25, 0.3) is 11.7 Å². The zero-order chi connectivity index (χ0) is 21.6. The second-order valence-corrected chi connectivity index (χ2v) is 7.06. The van der Waals surface area contributed by atoms with Gasteiger partial charge in [-0.3, -0.25) is 14.5 Å². The third-order valence-electron chi connectivity index (χ3n) is 4.99. The van der Waals surface area contributed by atoms with Crippen molar-refractivity contribution in [2.24, 2.45) is 0 Å². The van der Waals surface area contributed by atoms with Crippen LogP contribution in [0.15, 0.2) is 64.6 Å². The number of benzene rings is 2. The number of aliphatic hydroxyl groups excluding tert-OH is 1. The Hall–Kier alpha value is -3.74. The predicted octanol–water partition coefficient (Wildman–Crippen LogP) is 4.80. The predicted molar refractivity (Wildman–Crippen MR) is 106 cm³/mol. The number of nitrogens with zero attached hydrogens (tertiary/aromatic N) is 1. The van der Waals surface area contributed by atoms with Crippen molar-refractivity contribution in [3.63, 3.8) is 0 Å². The van der Waals surface area contributed by atoms with E-state index in [0.29, 0.717) is 5.76 Å². The van der Waals surface area contributed by atoms with E-state index in [0.717, 1.165) is 11.0 Å². The number of rotatable bonds is 3. The molecule has 1 aliphatic rings. The molecular weight excluding hydrogens is 392 g/mol. The second kappa shape index (κ2) is 7.26. The van der Waals surface area contributed by atoms with Gasteiger partial charge in [0.2, 0.25) is 0 Å². The summed E-state index contributed by atoms with van der Waals surface area (Å²) in [6.07, 6.45) is 0. The van der Waals surface area contributed by atoms with Gasteiger partial charge in [-0.05, 0) is 67.9 Å². The number of aryl methyl sites for hydroxylation is 2. The van der Waals surface area contributed by atoms with Crippen LogP contribution >= 0.6 is 0 Å². The second-order valence-electron chi connectivity index (χ2n) is 7.06. The van der Waals surface area contributed by atoms with E-state index in [1.807, 2.05) is 0 Å². The summed E-state index contributed by atoms with van der Waals surface area (Å²) in [6.45, 7) is 3.21. The van der Waals surface area contributed by atoms with Crippen LogP contribution in [0.4, 0.5) is 14.5 Å². The molecule has 1 fully saturated rings. The number of anilines is 1. The molecular formula is C23H17F2NO4. The number of halogens is 2. The van der Waals surface area contributed by atoms with E-state index in [9.17, 15) is 23.5 Å².